The standard InChI is InChI=1S/C10H13BrClN3/c11-3-1-8-2-4-15(6-8)10-9(12)5-13-7-14-10/h5,7-8H,1-4,6H2. The first kappa shape index (κ1) is 11.1. The molecule has 82 valence electrons. The Kier molecular flexibility index (Phi) is 3.81. The van der Waals surface area contributed by atoms with Gasteiger partial charge in [0, 0.05) is 18.4 Å². The van der Waals surface area contributed by atoms with E-state index in [-0.39, 0.29) is 0 Å². The van der Waals surface area contributed by atoms with Crippen molar-refractivity contribution in [2.45, 2.75) is 12.8 Å². The van der Waals surface area contributed by atoms with Gasteiger partial charge in [-0.15, -0.1) is 0 Å². The summed E-state index contributed by atoms with van der Waals surface area (Å²) >= 11 is 9.53. The summed E-state index contributed by atoms with van der Waals surface area (Å²) in [7, 11) is 0. The molecule has 0 radical (unpaired) electrons. The van der Waals surface area contributed by atoms with Crippen LogP contribution in [0.5, 0.6) is 0 Å². The molecule has 0 aromatic carbocycles. The number of hydrogen-bond acceptors (Lipinski definition) is 3. The predicted molar refractivity (Wildman–Crippen MR) is 65.8 cm³/mol. The maximum Gasteiger partial charge on any atom is 0.150 e. The van der Waals surface area contributed by atoms with Crippen LogP contribution in [0.1, 0.15) is 12.8 Å². The highest BCUT2D eigenvalue weighted by atomic mass is 79.9. The van der Waals surface area contributed by atoms with Crippen LogP contribution in [0, 0.1) is 5.92 Å². The van der Waals surface area contributed by atoms with Crippen LogP contribution in [0.25, 0.3) is 0 Å². The molecule has 2 heterocycles. The van der Waals surface area contributed by atoms with Crippen LogP contribution >= 0.6 is 27.5 Å². The third kappa shape index (κ3) is 2.61. The number of alkyl halides is 1. The molecule has 0 spiro atoms. The summed E-state index contributed by atoms with van der Waals surface area (Å²) in [5, 5.41) is 1.72. The molecule has 1 aromatic rings. The van der Waals surface area contributed by atoms with Crippen LogP contribution in [0.4, 0.5) is 5.82 Å². The molecule has 15 heavy (non-hydrogen) atoms. The summed E-state index contributed by atoms with van der Waals surface area (Å²) in [6.07, 6.45) is 5.66. The van der Waals surface area contributed by atoms with Crippen LogP contribution < -0.4 is 4.90 Å². The smallest absolute Gasteiger partial charge is 0.150 e. The van der Waals surface area contributed by atoms with Gasteiger partial charge in [-0.1, -0.05) is 27.5 Å². The lowest BCUT2D eigenvalue weighted by Gasteiger charge is -2.17. The highest BCUT2D eigenvalue weighted by Crippen LogP contribution is 2.28. The summed E-state index contributed by atoms with van der Waals surface area (Å²) < 4.78 is 0. The SMILES string of the molecule is Clc1cncnc1N1CCC(CCBr)C1. The molecule has 0 N–H and O–H groups in total. The zero-order valence-corrected chi connectivity index (χ0v) is 10.7. The largest absolute Gasteiger partial charge is 0.355 e. The Balaban J connectivity index is 2.04. The molecule has 5 heteroatoms. The Morgan fingerprint density at radius 2 is 2.47 bits per heavy atom. The minimum absolute atomic E-state index is 0.650. The average molecular weight is 291 g/mol. The van der Waals surface area contributed by atoms with Crippen LogP contribution in [-0.2, 0) is 0 Å². The summed E-state index contributed by atoms with van der Waals surface area (Å²) in [5.74, 6) is 1.64. The van der Waals surface area contributed by atoms with Crippen molar-refractivity contribution in [3.63, 3.8) is 0 Å². The first-order chi connectivity index (χ1) is 7.31. The van der Waals surface area contributed by atoms with E-state index in [2.05, 4.69) is 30.8 Å². The molecule has 3 nitrogen and oxygen atoms in total. The Morgan fingerprint density at radius 1 is 1.60 bits per heavy atom. The fraction of sp³-hybridized carbons (Fsp3) is 0.600. The van der Waals surface area contributed by atoms with Gasteiger partial charge < -0.3 is 4.90 Å². The first-order valence-electron chi connectivity index (χ1n) is 5.07. The highest BCUT2D eigenvalue weighted by Gasteiger charge is 2.24. The minimum Gasteiger partial charge on any atom is -0.355 e. The normalized spacial score (nSPS) is 20.9. The molecule has 0 amide bonds. The van der Waals surface area contributed by atoms with Gasteiger partial charge in [0.05, 0.1) is 6.20 Å². The molecule has 1 fully saturated rings. The lowest BCUT2D eigenvalue weighted by atomic mass is 10.1. The van der Waals surface area contributed by atoms with Gasteiger partial charge in [-0.05, 0) is 18.8 Å². The number of rotatable bonds is 3. The van der Waals surface area contributed by atoms with Crippen molar-refractivity contribution in [2.75, 3.05) is 23.3 Å². The van der Waals surface area contributed by atoms with Gasteiger partial charge in [-0.25, -0.2) is 9.97 Å². The summed E-state index contributed by atoms with van der Waals surface area (Å²) in [6.45, 7) is 2.11. The van der Waals surface area contributed by atoms with Gasteiger partial charge in [0.1, 0.15) is 11.3 Å². The number of nitrogens with zero attached hydrogens (tertiary/aromatic N) is 3. The summed E-state index contributed by atoms with van der Waals surface area (Å²) in [6, 6.07) is 0. The summed E-state index contributed by atoms with van der Waals surface area (Å²) in [4.78, 5) is 10.4. The van der Waals surface area contributed by atoms with Gasteiger partial charge >= 0.3 is 0 Å². The molecule has 1 atom stereocenters. The third-order valence-corrected chi connectivity index (χ3v) is 3.48. The molecule has 1 aromatic heterocycles. The maximum absolute atomic E-state index is 6.05. The van der Waals surface area contributed by atoms with Gasteiger partial charge in [0.25, 0.3) is 0 Å². The Hall–Kier alpha value is -0.350. The second kappa shape index (κ2) is 5.12. The van der Waals surface area contributed by atoms with Crippen molar-refractivity contribution in [3.05, 3.63) is 17.5 Å². The average Bonchev–Trinajstić information content (AvgIpc) is 2.68. The van der Waals surface area contributed by atoms with Crippen molar-refractivity contribution >= 4 is 33.3 Å². The van der Waals surface area contributed by atoms with Gasteiger partial charge in [0.2, 0.25) is 0 Å². The topological polar surface area (TPSA) is 29.0 Å². The second-order valence-electron chi connectivity index (χ2n) is 3.77. The fourth-order valence-corrected chi connectivity index (χ4v) is 2.83. The van der Waals surface area contributed by atoms with Gasteiger partial charge in [-0.3, -0.25) is 0 Å². The van der Waals surface area contributed by atoms with E-state index in [1.54, 1.807) is 12.5 Å². The van der Waals surface area contributed by atoms with E-state index >= 15 is 0 Å². The quantitative estimate of drug-likeness (QED) is 0.802. The van der Waals surface area contributed by atoms with E-state index in [1.807, 2.05) is 0 Å². The van der Waals surface area contributed by atoms with Crippen LogP contribution in [-0.4, -0.2) is 28.4 Å². The van der Waals surface area contributed by atoms with E-state index in [0.29, 0.717) is 5.02 Å². The van der Waals surface area contributed by atoms with Crippen molar-refractivity contribution in [2.24, 2.45) is 5.92 Å². The highest BCUT2D eigenvalue weighted by molar-refractivity contribution is 9.09. The number of halogens is 2. The zero-order valence-electron chi connectivity index (χ0n) is 8.37. The van der Waals surface area contributed by atoms with Crippen molar-refractivity contribution in [1.82, 2.24) is 9.97 Å². The Bertz CT molecular complexity index is 334. The van der Waals surface area contributed by atoms with Crippen LogP contribution in [0.15, 0.2) is 12.5 Å². The van der Waals surface area contributed by atoms with Crippen molar-refractivity contribution in [3.8, 4) is 0 Å². The maximum atomic E-state index is 6.05. The Labute approximate surface area is 103 Å². The molecule has 0 saturated carbocycles. The lowest BCUT2D eigenvalue weighted by Crippen LogP contribution is -2.21. The number of hydrogen-bond donors (Lipinski definition) is 0. The predicted octanol–water partition coefficient (Wildman–Crippen LogP) is 2.74. The number of anilines is 1. The first-order valence-corrected chi connectivity index (χ1v) is 6.57. The van der Waals surface area contributed by atoms with Gasteiger partial charge in [-0.2, -0.15) is 0 Å². The molecule has 2 rings (SSSR count). The van der Waals surface area contributed by atoms with Crippen LogP contribution in [0.3, 0.4) is 0 Å². The van der Waals surface area contributed by atoms with E-state index in [1.165, 1.54) is 12.8 Å². The molecule has 0 aliphatic carbocycles. The van der Waals surface area contributed by atoms with E-state index in [4.69, 9.17) is 11.6 Å². The van der Waals surface area contributed by atoms with Crippen LogP contribution in [0.2, 0.25) is 5.02 Å². The monoisotopic (exact) mass is 289 g/mol. The van der Waals surface area contributed by atoms with Gasteiger partial charge in [0.15, 0.2) is 5.82 Å². The molecule has 1 aliphatic rings. The molecule has 1 aliphatic heterocycles. The second-order valence-corrected chi connectivity index (χ2v) is 4.97. The summed E-state index contributed by atoms with van der Waals surface area (Å²) in [5.41, 5.74) is 0. The van der Waals surface area contributed by atoms with E-state index in [9.17, 15) is 0 Å². The van der Waals surface area contributed by atoms with Crippen molar-refractivity contribution in [1.29, 1.82) is 0 Å². The molecule has 0 bridgehead atoms. The van der Waals surface area contributed by atoms with E-state index in [0.717, 1.165) is 30.2 Å². The minimum atomic E-state index is 0.650. The van der Waals surface area contributed by atoms with Crippen molar-refractivity contribution < 1.29 is 0 Å². The Morgan fingerprint density at radius 3 is 3.20 bits per heavy atom. The zero-order chi connectivity index (χ0) is 10.7. The fourth-order valence-electron chi connectivity index (χ4n) is 1.95. The third-order valence-electron chi connectivity index (χ3n) is 2.75. The molecule has 1 unspecified atom stereocenters. The molecule has 1 saturated heterocycles. The molecular formula is C10H13BrClN3. The number of aromatic nitrogens is 2. The lowest BCUT2D eigenvalue weighted by molar-refractivity contribution is 0.575. The van der Waals surface area contributed by atoms with E-state index < -0.39 is 0 Å². The molecular weight excluding hydrogens is 277 g/mol.